The number of aromatic nitrogens is 4. The van der Waals surface area contributed by atoms with E-state index in [1.165, 1.54) is 142 Å². The lowest BCUT2D eigenvalue weighted by atomic mass is 10.1. The van der Waals surface area contributed by atoms with Crippen molar-refractivity contribution < 1.29 is 114 Å². The van der Waals surface area contributed by atoms with Crippen LogP contribution < -0.4 is 36.3 Å². The van der Waals surface area contributed by atoms with Gasteiger partial charge in [0.05, 0.1) is 77.9 Å². The topological polar surface area (TPSA) is 585 Å². The smallest absolute Gasteiger partial charge is 0.324 e. The van der Waals surface area contributed by atoms with Crippen LogP contribution in [0.2, 0.25) is 0 Å². The fraction of sp³-hybridized carbons (Fsp3) is 0.326. The lowest BCUT2D eigenvalue weighted by Crippen LogP contribution is -2.44. The maximum absolute atomic E-state index is 12.7. The van der Waals surface area contributed by atoms with E-state index in [1.807, 2.05) is 74.5 Å². The lowest BCUT2D eigenvalue weighted by molar-refractivity contribution is -0.144. The number of esters is 4. The van der Waals surface area contributed by atoms with Crippen molar-refractivity contribution in [1.82, 2.24) is 39.2 Å². The number of methoxy groups -OCH3 is 4. The number of carbonyl (C=O) groups is 6. The molecule has 0 spiro atoms. The Morgan fingerprint density at radius 2 is 0.679 bits per heavy atom. The normalized spacial score (nSPS) is 12.2. The van der Waals surface area contributed by atoms with Gasteiger partial charge in [-0.15, -0.1) is 12.4 Å². The highest BCUT2D eigenvalue weighted by Crippen LogP contribution is 2.29. The molecule has 5 atom stereocenters. The third kappa shape index (κ3) is 40.6. The highest BCUT2D eigenvalue weighted by atomic mass is 35.7. The Hall–Kier alpha value is -12.1. The fourth-order valence-electron chi connectivity index (χ4n) is 10.9. The molecular weight excluding hydrogens is 2000 g/mol. The Balaban J connectivity index is 0.000000841. The monoisotopic (exact) mass is 2120 g/mol. The third-order valence-electron chi connectivity index (χ3n) is 19.2. The number of nitrogens with one attached hydrogen (secondary N) is 4. The molecule has 0 radical (unpaired) electrons. The number of carboxylic acids is 1. The van der Waals surface area contributed by atoms with Gasteiger partial charge in [-0.25, -0.2) is 51.8 Å². The van der Waals surface area contributed by atoms with Gasteiger partial charge in [0, 0.05) is 44.1 Å². The van der Waals surface area contributed by atoms with Crippen molar-refractivity contribution in [2.45, 2.75) is 164 Å². The Bertz CT molecular complexity index is 6340. The zero-order valence-electron chi connectivity index (χ0n) is 79.6. The minimum atomic E-state index is -3.99. The summed E-state index contributed by atoms with van der Waals surface area (Å²) in [6.07, 6.45) is 2.86. The third-order valence-corrected chi connectivity index (χ3v) is 26.6. The average molecular weight is 2120 g/mol. The van der Waals surface area contributed by atoms with E-state index >= 15 is 0 Å². The quantitative estimate of drug-likeness (QED) is 0.00276. The first kappa shape index (κ1) is 126. The molecule has 0 unspecified atom stereocenters. The number of oxime groups is 1. The van der Waals surface area contributed by atoms with Gasteiger partial charge in [0.1, 0.15) is 30.2 Å². The Morgan fingerprint density at radius 1 is 0.429 bits per heavy atom. The molecule has 0 saturated carbocycles. The zero-order chi connectivity index (χ0) is 104. The van der Waals surface area contributed by atoms with E-state index in [0.717, 1.165) is 30.4 Å². The fourth-order valence-corrected chi connectivity index (χ4v) is 17.2. The molecule has 10 rings (SSSR count). The second-order valence-corrected chi connectivity index (χ2v) is 40.6. The first-order chi connectivity index (χ1) is 64.8. The second kappa shape index (κ2) is 60.8. The van der Waals surface area contributed by atoms with Crippen LogP contribution in [0.3, 0.4) is 0 Å². The molecule has 2 aromatic heterocycles. The average Bonchev–Trinajstić information content (AvgIpc) is 1.64. The molecule has 10 aromatic rings. The molecule has 0 saturated heterocycles. The van der Waals surface area contributed by atoms with Gasteiger partial charge >= 0.3 is 29.8 Å². The van der Waals surface area contributed by atoms with Crippen LogP contribution in [-0.4, -0.2) is 172 Å². The first-order valence-corrected chi connectivity index (χ1v) is 50.4. The summed E-state index contributed by atoms with van der Waals surface area (Å²) in [5, 5.41) is 28.2. The largest absolute Gasteiger partial charge is 0.480 e. The molecule has 39 nitrogen and oxygen atoms in total. The van der Waals surface area contributed by atoms with E-state index in [2.05, 4.69) is 111 Å². The highest BCUT2D eigenvalue weighted by molar-refractivity contribution is 8.13. The summed E-state index contributed by atoms with van der Waals surface area (Å²) in [6, 6.07) is 46.5. The standard InChI is InChI=1S/C22H25N3O5S.C21H23N3O5S.C13H19N3O5S.C13H16N2O4S.C9H9ClO.C7H4ClNO2S.C6H13NO2.CH3.ClH2NO.ClH/c1-5-15-6-8-17(9-7-15)21-23-20(24-30-21)16-10-12-18(13-11-16)31(27,28)25-19(14(2)3)22(26)29-4;1-4-14-5-7-16(8-6-14)20-22-19(23-29-20)15-9-11-17(12-10-15)30(27,28)24-18(13(2)3)21(25)26;1-8(2)11(13(17)21-3)16-22(19,20)10-6-4-9(5-7-10)12(14)15-18;1-9(2)12(13(16)19-4)15-20(17,18)11-7-5-10(14-3)6-8-11;1-2-7-3-5-8(6-4-7)9(10)11;1-9-6-2-4-7(5-3-6)12(8,10)11;1-4(2)5(7)6(8)9-3;;1-3-2;/h6-14,19,25H,5H2,1-4H3;5-13,18,24H,4H2,1-3H3,(H,25,26);4-8,11,16,18H,1-3H3,(H2,14,15);5-9,12,15H,1-2,4H3;3-6H,2H2,1H3;2-5H;4-5H,7H2,1-3H3;1H3;2H2;1H/q;;;;;;;-1;;/t19-;18-;11-;12-;;;5-;;;/m1111..1.../s1. The van der Waals surface area contributed by atoms with Crippen LogP contribution in [0.4, 0.5) is 11.4 Å². The molecular formula is C92H115Cl4N14O25S5-. The number of nitrogens with zero attached hydrogens (tertiary/aromatic N) is 7. The number of hydrogen-bond acceptors (Lipinski definition) is 31. The maximum atomic E-state index is 12.7. The van der Waals surface area contributed by atoms with Crippen LogP contribution in [0.5, 0.6) is 0 Å². The Kier molecular flexibility index (Phi) is 54.7. The summed E-state index contributed by atoms with van der Waals surface area (Å²) in [5.41, 5.74) is 18.9. The van der Waals surface area contributed by atoms with E-state index in [4.69, 9.17) is 65.9 Å². The summed E-state index contributed by atoms with van der Waals surface area (Å²) < 4.78 is 162. The van der Waals surface area contributed by atoms with Crippen LogP contribution in [0, 0.1) is 50.2 Å². The molecule has 0 fully saturated rings. The Morgan fingerprint density at radius 3 is 0.907 bits per heavy atom. The number of amidine groups is 1. The predicted octanol–water partition coefficient (Wildman–Crippen LogP) is 14.6. The van der Waals surface area contributed by atoms with Crippen molar-refractivity contribution in [1.29, 1.82) is 0 Å². The molecule has 12 N–H and O–H groups in total. The van der Waals surface area contributed by atoms with Crippen molar-refractivity contribution in [2.75, 3.05) is 28.4 Å². The first-order valence-electron chi connectivity index (χ1n) is 41.5. The number of carboxylic acid groups (broad SMARTS) is 1. The van der Waals surface area contributed by atoms with Crippen molar-refractivity contribution in [2.24, 2.45) is 52.1 Å². The van der Waals surface area contributed by atoms with Crippen LogP contribution in [0.1, 0.15) is 123 Å². The zero-order valence-corrected chi connectivity index (χ0v) is 86.8. The number of aliphatic carboxylic acids is 1. The van der Waals surface area contributed by atoms with Gasteiger partial charge in [-0.3, -0.25) is 28.8 Å². The van der Waals surface area contributed by atoms with E-state index in [1.54, 1.807) is 91.8 Å². The van der Waals surface area contributed by atoms with Gasteiger partial charge in [0.2, 0.25) is 51.7 Å². The van der Waals surface area contributed by atoms with E-state index in [9.17, 15) is 76.0 Å². The van der Waals surface area contributed by atoms with Gasteiger partial charge in [0.25, 0.3) is 26.1 Å². The number of aryl methyl sites for hydroxylation is 3. The minimum absolute atomic E-state index is 0. The van der Waals surface area contributed by atoms with Crippen LogP contribution >= 0.6 is 46.6 Å². The van der Waals surface area contributed by atoms with Crippen molar-refractivity contribution in [3.63, 3.8) is 0 Å². The predicted molar refractivity (Wildman–Crippen MR) is 532 cm³/mol. The minimum Gasteiger partial charge on any atom is -0.480 e. The van der Waals surface area contributed by atoms with E-state index in [0.29, 0.717) is 57.1 Å². The molecule has 48 heteroatoms. The molecule has 8 aromatic carbocycles. The van der Waals surface area contributed by atoms with E-state index < -0.39 is 114 Å². The molecule has 0 aliphatic rings. The van der Waals surface area contributed by atoms with Gasteiger partial charge in [0.15, 0.2) is 17.2 Å². The van der Waals surface area contributed by atoms with Gasteiger partial charge in [-0.2, -0.15) is 39.1 Å². The molecule has 0 aliphatic heterocycles. The lowest BCUT2D eigenvalue weighted by Gasteiger charge is -2.19. The molecule has 2 heterocycles. The summed E-state index contributed by atoms with van der Waals surface area (Å²) in [6.45, 7) is 37.0. The number of halogens is 4. The van der Waals surface area contributed by atoms with E-state index in [-0.39, 0.29) is 79.8 Å². The maximum Gasteiger partial charge on any atom is 0.324 e. The molecule has 140 heavy (non-hydrogen) atoms. The number of rotatable bonds is 32. The highest BCUT2D eigenvalue weighted by Gasteiger charge is 2.34. The molecule has 0 amide bonds. The van der Waals surface area contributed by atoms with Crippen molar-refractivity contribution in [3.8, 4) is 45.7 Å². The van der Waals surface area contributed by atoms with Gasteiger partial charge in [-0.1, -0.05) is 190 Å². The van der Waals surface area contributed by atoms with Crippen LogP contribution in [-0.2, 0) is 116 Å². The van der Waals surface area contributed by atoms with Crippen molar-refractivity contribution in [3.05, 3.63) is 252 Å². The summed E-state index contributed by atoms with van der Waals surface area (Å²) in [7, 11) is -9.30. The number of sulfonamides is 4. The second-order valence-electron chi connectivity index (χ2n) is 30.6. The van der Waals surface area contributed by atoms with Gasteiger partial charge in [-0.05, 0) is 186 Å². The summed E-state index contributed by atoms with van der Waals surface area (Å²) >= 11 is 9.54. The van der Waals surface area contributed by atoms with Crippen molar-refractivity contribution >= 4 is 148 Å². The molecule has 0 bridgehead atoms. The Labute approximate surface area is 837 Å². The number of benzene rings is 8. The summed E-state index contributed by atoms with van der Waals surface area (Å²) in [5.74, 6) is 0.848. The SMILES string of the molecule is CCc1ccc(-c2nc(-c3ccc(S(=O)(=O)N[C@@H](C(=O)O)C(C)C)cc3)no2)cc1.CCc1ccc(-c2nc(-c3ccc(S(=O)(=O)N[C@@H](C(=O)OC)C(C)C)cc3)no2)cc1.CCc1ccc(C(=O)Cl)cc1.COC(=O)[C@H](N)C(C)C.COC(=O)[C@H](NS(=O)(=O)c1ccc(/C(N)=N/O)cc1)C(C)C.Cl.NOCl.[C-]#[N+]c1ccc(S(=O)(=O)Cl)cc1.[C-]#[N+]c1ccc(S(=O)(=O)N[C@@H](C(=O)OC)C(C)C)cc1.[CH3-]. The molecule has 0 aliphatic carbocycles. The number of ether oxygens (including phenoxy) is 4. The molecule has 762 valence electrons. The number of carbonyl (C=O) groups excluding carboxylic acids is 5. The summed E-state index contributed by atoms with van der Waals surface area (Å²) in [4.78, 5) is 82.6. The van der Waals surface area contributed by atoms with Crippen LogP contribution in [0.15, 0.2) is 233 Å². The van der Waals surface area contributed by atoms with Gasteiger partial charge < -0.3 is 57.2 Å². The number of nitrogens with two attached hydrogens (primary N) is 3. The van der Waals surface area contributed by atoms with Crippen LogP contribution in [0.25, 0.3) is 55.4 Å². The number of hydrogen-bond donors (Lipinski definition) is 9.